The average Bonchev–Trinajstić information content (AvgIpc) is 2.44. The van der Waals surface area contributed by atoms with Crippen molar-refractivity contribution in [2.24, 2.45) is 11.8 Å². The van der Waals surface area contributed by atoms with Gasteiger partial charge in [0.25, 0.3) is 0 Å². The van der Waals surface area contributed by atoms with Gasteiger partial charge in [0.1, 0.15) is 0 Å². The Balaban J connectivity index is 2.58. The molecule has 4 heteroatoms. The Labute approximate surface area is 96.7 Å². The Morgan fingerprint density at radius 1 is 1.31 bits per heavy atom. The van der Waals surface area contributed by atoms with Gasteiger partial charge in [0.2, 0.25) is 11.8 Å². The summed E-state index contributed by atoms with van der Waals surface area (Å²) in [7, 11) is 0. The highest BCUT2D eigenvalue weighted by molar-refractivity contribution is 6.04. The van der Waals surface area contributed by atoms with E-state index in [1.165, 1.54) is 4.90 Å². The predicted octanol–water partition coefficient (Wildman–Crippen LogP) is 0.793. The molecule has 1 N–H and O–H groups in total. The first-order valence-electron chi connectivity index (χ1n) is 5.71. The lowest BCUT2D eigenvalue weighted by Crippen LogP contribution is -2.34. The van der Waals surface area contributed by atoms with Gasteiger partial charge in [-0.05, 0) is 12.1 Å². The zero-order chi connectivity index (χ0) is 12.3. The minimum atomic E-state index is -0.195. The van der Waals surface area contributed by atoms with Crippen molar-refractivity contribution in [3.8, 4) is 0 Å². The van der Waals surface area contributed by atoms with Crippen molar-refractivity contribution < 1.29 is 9.59 Å². The van der Waals surface area contributed by atoms with Crippen molar-refractivity contribution in [3.63, 3.8) is 0 Å². The first-order chi connectivity index (χ1) is 7.49. The van der Waals surface area contributed by atoms with Crippen molar-refractivity contribution in [3.05, 3.63) is 12.2 Å². The highest BCUT2D eigenvalue weighted by atomic mass is 16.2. The number of likely N-dealkylation sites (tertiary alicyclic amines) is 1. The van der Waals surface area contributed by atoms with E-state index < -0.39 is 0 Å². The van der Waals surface area contributed by atoms with Crippen LogP contribution >= 0.6 is 0 Å². The van der Waals surface area contributed by atoms with Crippen LogP contribution in [0.3, 0.4) is 0 Å². The van der Waals surface area contributed by atoms with Crippen molar-refractivity contribution >= 4 is 11.8 Å². The molecule has 90 valence electrons. The number of nitrogens with zero attached hydrogens (tertiary/aromatic N) is 1. The third-order valence-corrected chi connectivity index (χ3v) is 3.07. The summed E-state index contributed by atoms with van der Waals surface area (Å²) in [6.07, 6.45) is 0. The Morgan fingerprint density at radius 3 is 2.25 bits per heavy atom. The average molecular weight is 224 g/mol. The predicted molar refractivity (Wildman–Crippen MR) is 62.7 cm³/mol. The van der Waals surface area contributed by atoms with E-state index in [1.54, 1.807) is 13.8 Å². The van der Waals surface area contributed by atoms with Gasteiger partial charge >= 0.3 is 0 Å². The fourth-order valence-corrected chi connectivity index (χ4v) is 1.77. The number of imide groups is 1. The van der Waals surface area contributed by atoms with Gasteiger partial charge in [0, 0.05) is 18.4 Å². The van der Waals surface area contributed by atoms with Crippen LogP contribution in [0.2, 0.25) is 0 Å². The second-order valence-electron chi connectivity index (χ2n) is 4.37. The molecule has 1 fully saturated rings. The van der Waals surface area contributed by atoms with Gasteiger partial charge in [0.05, 0.1) is 6.54 Å². The summed E-state index contributed by atoms with van der Waals surface area (Å²) in [4.78, 5) is 24.9. The largest absolute Gasteiger partial charge is 0.313 e. The number of nitrogens with one attached hydrogen (secondary N) is 1. The van der Waals surface area contributed by atoms with Crippen LogP contribution in [-0.2, 0) is 9.59 Å². The van der Waals surface area contributed by atoms with E-state index in [1.807, 2.05) is 6.92 Å². The van der Waals surface area contributed by atoms with Crippen LogP contribution < -0.4 is 5.32 Å². The van der Waals surface area contributed by atoms with E-state index in [0.29, 0.717) is 13.1 Å². The lowest BCUT2D eigenvalue weighted by molar-refractivity contribution is -0.139. The third kappa shape index (κ3) is 2.50. The normalized spacial score (nSPS) is 25.3. The maximum Gasteiger partial charge on any atom is 0.233 e. The molecule has 0 radical (unpaired) electrons. The van der Waals surface area contributed by atoms with Crippen LogP contribution in [0.15, 0.2) is 12.2 Å². The molecule has 1 heterocycles. The van der Waals surface area contributed by atoms with Gasteiger partial charge in [-0.25, -0.2) is 0 Å². The summed E-state index contributed by atoms with van der Waals surface area (Å²) in [5.74, 6) is -0.538. The van der Waals surface area contributed by atoms with Gasteiger partial charge < -0.3 is 5.32 Å². The molecule has 1 rings (SSSR count). The van der Waals surface area contributed by atoms with Crippen molar-refractivity contribution in [2.45, 2.75) is 20.8 Å². The number of carbonyl (C=O) groups excluding carboxylic acids is 2. The van der Waals surface area contributed by atoms with Gasteiger partial charge in [-0.1, -0.05) is 27.4 Å². The zero-order valence-corrected chi connectivity index (χ0v) is 10.2. The SMILES string of the molecule is C=C(CNCC)CN1C(=O)C(C)C(C)C1=O. The molecule has 16 heavy (non-hydrogen) atoms. The van der Waals surface area contributed by atoms with Crippen molar-refractivity contribution in [1.29, 1.82) is 0 Å². The van der Waals surface area contributed by atoms with Gasteiger partial charge in [-0.3, -0.25) is 14.5 Å². The summed E-state index contributed by atoms with van der Waals surface area (Å²) in [5.41, 5.74) is 0.866. The van der Waals surface area contributed by atoms with Gasteiger partial charge in [-0.15, -0.1) is 0 Å². The molecular weight excluding hydrogens is 204 g/mol. The van der Waals surface area contributed by atoms with E-state index in [2.05, 4.69) is 11.9 Å². The lowest BCUT2D eigenvalue weighted by atomic mass is 10.00. The van der Waals surface area contributed by atoms with Crippen LogP contribution in [0.4, 0.5) is 0 Å². The fraction of sp³-hybridized carbons (Fsp3) is 0.667. The first kappa shape index (κ1) is 12.9. The van der Waals surface area contributed by atoms with E-state index >= 15 is 0 Å². The molecule has 1 aliphatic rings. The topological polar surface area (TPSA) is 49.4 Å². The maximum atomic E-state index is 11.8. The second kappa shape index (κ2) is 5.25. The number of hydrogen-bond acceptors (Lipinski definition) is 3. The number of likely N-dealkylation sites (N-methyl/N-ethyl adjacent to an activating group) is 1. The van der Waals surface area contributed by atoms with E-state index in [-0.39, 0.29) is 23.7 Å². The molecular formula is C12H20N2O2. The summed E-state index contributed by atoms with van der Waals surface area (Å²) in [6, 6.07) is 0. The Kier molecular flexibility index (Phi) is 4.24. The molecule has 0 bridgehead atoms. The van der Waals surface area contributed by atoms with Gasteiger partial charge in [-0.2, -0.15) is 0 Å². The van der Waals surface area contributed by atoms with Crippen LogP contribution in [-0.4, -0.2) is 36.3 Å². The quantitative estimate of drug-likeness (QED) is 0.555. The van der Waals surface area contributed by atoms with Gasteiger partial charge in [0.15, 0.2) is 0 Å². The molecule has 1 aliphatic heterocycles. The number of amides is 2. The Hall–Kier alpha value is -1.16. The maximum absolute atomic E-state index is 11.8. The minimum absolute atomic E-state index is 0.0739. The van der Waals surface area contributed by atoms with E-state index in [4.69, 9.17) is 0 Å². The molecule has 4 nitrogen and oxygen atoms in total. The smallest absolute Gasteiger partial charge is 0.233 e. The summed E-state index contributed by atoms with van der Waals surface area (Å²) < 4.78 is 0. The van der Waals surface area contributed by atoms with Crippen LogP contribution in [0.5, 0.6) is 0 Å². The molecule has 0 aromatic heterocycles. The Bertz CT molecular complexity index is 292. The molecule has 0 spiro atoms. The second-order valence-corrected chi connectivity index (χ2v) is 4.37. The van der Waals surface area contributed by atoms with Crippen LogP contribution in [0.25, 0.3) is 0 Å². The third-order valence-electron chi connectivity index (χ3n) is 3.07. The zero-order valence-electron chi connectivity index (χ0n) is 10.2. The minimum Gasteiger partial charge on any atom is -0.313 e. The molecule has 1 saturated heterocycles. The van der Waals surface area contributed by atoms with E-state index in [0.717, 1.165) is 12.1 Å². The number of rotatable bonds is 5. The van der Waals surface area contributed by atoms with Crippen LogP contribution in [0.1, 0.15) is 20.8 Å². The van der Waals surface area contributed by atoms with E-state index in [9.17, 15) is 9.59 Å². The molecule has 0 saturated carbocycles. The monoisotopic (exact) mass is 224 g/mol. The first-order valence-corrected chi connectivity index (χ1v) is 5.71. The fourth-order valence-electron chi connectivity index (χ4n) is 1.77. The van der Waals surface area contributed by atoms with Crippen molar-refractivity contribution in [2.75, 3.05) is 19.6 Å². The highest BCUT2D eigenvalue weighted by Gasteiger charge is 2.41. The summed E-state index contributed by atoms with van der Waals surface area (Å²) >= 11 is 0. The molecule has 0 aliphatic carbocycles. The summed E-state index contributed by atoms with van der Waals surface area (Å²) in [6.45, 7) is 11.3. The molecule has 0 aromatic carbocycles. The summed E-state index contributed by atoms with van der Waals surface area (Å²) in [5, 5.41) is 3.13. The molecule has 0 aromatic rings. The van der Waals surface area contributed by atoms with Crippen molar-refractivity contribution in [1.82, 2.24) is 10.2 Å². The Morgan fingerprint density at radius 2 is 1.81 bits per heavy atom. The molecule has 2 atom stereocenters. The standard InChI is InChI=1S/C12H20N2O2/c1-5-13-6-8(2)7-14-11(15)9(3)10(4)12(14)16/h9-10,13H,2,5-7H2,1,3-4H3. The number of hydrogen-bond donors (Lipinski definition) is 1. The lowest BCUT2D eigenvalue weighted by Gasteiger charge is -2.16. The highest BCUT2D eigenvalue weighted by Crippen LogP contribution is 2.25. The van der Waals surface area contributed by atoms with Crippen LogP contribution in [0, 0.1) is 11.8 Å². The molecule has 2 amide bonds. The number of carbonyl (C=O) groups is 2. The molecule has 2 unspecified atom stereocenters.